The molecule has 32 heavy (non-hydrogen) atoms. The highest BCUT2D eigenvalue weighted by Gasteiger charge is 2.27. The average Bonchev–Trinajstić information content (AvgIpc) is 2.75. The monoisotopic (exact) mass is 512 g/mol. The Hall–Kier alpha value is -2.29. The average molecular weight is 514 g/mol. The molecule has 0 fully saturated rings. The summed E-state index contributed by atoms with van der Waals surface area (Å²) in [5, 5.41) is 3.43. The predicted octanol–water partition coefficient (Wildman–Crippen LogP) is 5.18. The van der Waals surface area contributed by atoms with Crippen LogP contribution >= 0.6 is 34.8 Å². The van der Waals surface area contributed by atoms with Gasteiger partial charge in [0.1, 0.15) is 11.8 Å². The maximum atomic E-state index is 13.1. The second-order valence-corrected chi connectivity index (χ2v) is 9.74. The van der Waals surface area contributed by atoms with Crippen LogP contribution < -0.4 is 14.8 Å². The van der Waals surface area contributed by atoms with Crippen molar-refractivity contribution in [1.29, 1.82) is 0 Å². The summed E-state index contributed by atoms with van der Waals surface area (Å²) in [4.78, 5) is 13.0. The number of hydrogen-bond donors (Lipinski definition) is 2. The van der Waals surface area contributed by atoms with E-state index in [1.54, 1.807) is 36.4 Å². The normalized spacial score (nSPS) is 12.2. The molecule has 0 heterocycles. The molecule has 168 valence electrons. The summed E-state index contributed by atoms with van der Waals surface area (Å²) in [5.74, 6) is -0.247. The quantitative estimate of drug-likeness (QED) is 0.434. The van der Waals surface area contributed by atoms with E-state index in [-0.39, 0.29) is 21.4 Å². The van der Waals surface area contributed by atoms with Crippen LogP contribution in [0.15, 0.2) is 71.6 Å². The molecule has 1 atom stereocenters. The van der Waals surface area contributed by atoms with Crippen molar-refractivity contribution >= 4 is 56.4 Å². The third kappa shape index (κ3) is 6.15. The van der Waals surface area contributed by atoms with Crippen molar-refractivity contribution < 1.29 is 17.9 Å². The van der Waals surface area contributed by atoms with Crippen LogP contribution in [-0.4, -0.2) is 27.5 Å². The van der Waals surface area contributed by atoms with Gasteiger partial charge in [-0.05, 0) is 48.4 Å². The molecule has 3 rings (SSSR count). The van der Waals surface area contributed by atoms with Gasteiger partial charge in [0.25, 0.3) is 0 Å². The lowest BCUT2D eigenvalue weighted by molar-refractivity contribution is -0.117. The van der Waals surface area contributed by atoms with Crippen LogP contribution in [0, 0.1) is 0 Å². The minimum Gasteiger partial charge on any atom is -0.495 e. The molecule has 0 aromatic heterocycles. The van der Waals surface area contributed by atoms with E-state index in [0.717, 1.165) is 5.56 Å². The van der Waals surface area contributed by atoms with Gasteiger partial charge in [0.15, 0.2) is 0 Å². The Morgan fingerprint density at radius 1 is 0.969 bits per heavy atom. The zero-order valence-electron chi connectivity index (χ0n) is 16.8. The van der Waals surface area contributed by atoms with Crippen LogP contribution in [0.5, 0.6) is 5.75 Å². The zero-order valence-corrected chi connectivity index (χ0v) is 19.9. The minimum absolute atomic E-state index is 0.0984. The van der Waals surface area contributed by atoms with Gasteiger partial charge in [0.05, 0.1) is 27.7 Å². The zero-order chi connectivity index (χ0) is 23.3. The lowest BCUT2D eigenvalue weighted by atomic mass is 10.1. The third-order valence-corrected chi connectivity index (χ3v) is 6.83. The highest BCUT2D eigenvalue weighted by molar-refractivity contribution is 7.89. The largest absolute Gasteiger partial charge is 0.495 e. The van der Waals surface area contributed by atoms with Gasteiger partial charge in [0, 0.05) is 5.02 Å². The number of carbonyl (C=O) groups is 1. The van der Waals surface area contributed by atoms with E-state index in [2.05, 4.69) is 10.0 Å². The second-order valence-electron chi connectivity index (χ2n) is 6.77. The summed E-state index contributed by atoms with van der Waals surface area (Å²) in [6, 6.07) is 16.5. The topological polar surface area (TPSA) is 84.5 Å². The van der Waals surface area contributed by atoms with Gasteiger partial charge in [-0.3, -0.25) is 4.79 Å². The first-order chi connectivity index (χ1) is 15.2. The maximum absolute atomic E-state index is 13.1. The van der Waals surface area contributed by atoms with E-state index in [0.29, 0.717) is 16.5 Å². The molecular formula is C22H19Cl3N2O4S. The van der Waals surface area contributed by atoms with Gasteiger partial charge in [-0.25, -0.2) is 8.42 Å². The highest BCUT2D eigenvalue weighted by Crippen LogP contribution is 2.28. The third-order valence-electron chi connectivity index (χ3n) is 4.52. The summed E-state index contributed by atoms with van der Waals surface area (Å²) in [7, 11) is -2.66. The predicted molar refractivity (Wildman–Crippen MR) is 127 cm³/mol. The van der Waals surface area contributed by atoms with Crippen LogP contribution in [0.2, 0.25) is 15.1 Å². The number of amides is 1. The summed E-state index contributed by atoms with van der Waals surface area (Å²) >= 11 is 18.1. The van der Waals surface area contributed by atoms with Crippen molar-refractivity contribution in [1.82, 2.24) is 4.72 Å². The van der Waals surface area contributed by atoms with E-state index >= 15 is 0 Å². The molecule has 0 saturated heterocycles. The van der Waals surface area contributed by atoms with E-state index in [1.807, 2.05) is 6.07 Å². The van der Waals surface area contributed by atoms with Gasteiger partial charge in [-0.2, -0.15) is 4.72 Å². The fourth-order valence-corrected chi connectivity index (χ4v) is 4.92. The smallest absolute Gasteiger partial charge is 0.242 e. The van der Waals surface area contributed by atoms with Crippen molar-refractivity contribution in [3.8, 4) is 5.75 Å². The first-order valence-corrected chi connectivity index (χ1v) is 12.0. The number of nitrogens with one attached hydrogen (secondary N) is 2. The summed E-state index contributed by atoms with van der Waals surface area (Å²) < 4.78 is 33.6. The minimum atomic E-state index is -4.09. The van der Waals surface area contributed by atoms with Crippen LogP contribution in [0.4, 0.5) is 5.69 Å². The number of hydrogen-bond acceptors (Lipinski definition) is 4. The van der Waals surface area contributed by atoms with Crippen molar-refractivity contribution in [2.75, 3.05) is 12.4 Å². The van der Waals surface area contributed by atoms with Crippen LogP contribution in [-0.2, 0) is 21.2 Å². The fourth-order valence-electron chi connectivity index (χ4n) is 2.92. The van der Waals surface area contributed by atoms with Crippen LogP contribution in [0.3, 0.4) is 0 Å². The molecule has 0 aliphatic heterocycles. The Bertz CT molecular complexity index is 1220. The Kier molecular flexibility index (Phi) is 8.03. The Morgan fingerprint density at radius 3 is 2.31 bits per heavy atom. The van der Waals surface area contributed by atoms with Crippen LogP contribution in [0.25, 0.3) is 0 Å². The number of carbonyl (C=O) groups excluding carboxylic acids is 1. The van der Waals surface area contributed by atoms with Gasteiger partial charge < -0.3 is 10.1 Å². The summed E-state index contributed by atoms with van der Waals surface area (Å²) in [6.07, 6.45) is 0.112. The Balaban J connectivity index is 1.89. The lowest BCUT2D eigenvalue weighted by Crippen LogP contribution is -2.45. The molecule has 1 amide bonds. The van der Waals surface area contributed by atoms with E-state index in [1.165, 1.54) is 31.4 Å². The van der Waals surface area contributed by atoms with Gasteiger partial charge in [0.2, 0.25) is 15.9 Å². The van der Waals surface area contributed by atoms with Crippen molar-refractivity contribution in [2.24, 2.45) is 0 Å². The maximum Gasteiger partial charge on any atom is 0.242 e. The molecule has 0 aliphatic rings. The van der Waals surface area contributed by atoms with E-state index in [4.69, 9.17) is 39.5 Å². The molecule has 0 spiro atoms. The number of benzene rings is 3. The van der Waals surface area contributed by atoms with Crippen molar-refractivity contribution in [3.05, 3.63) is 87.4 Å². The number of methoxy groups -OCH3 is 1. The molecule has 0 unspecified atom stereocenters. The van der Waals surface area contributed by atoms with Gasteiger partial charge in [-0.15, -0.1) is 0 Å². The molecule has 0 radical (unpaired) electrons. The standard InChI is InChI=1S/C22H19Cl3N2O4S/c1-31-21-10-8-16(13-18(21)25)32(29,30)27-20(11-14-5-3-2-4-6-14)22(28)26-19-9-7-15(23)12-17(19)24/h2-10,12-13,20,27H,11H2,1H3,(H,26,28)/t20-/m1/s1. The van der Waals surface area contributed by atoms with E-state index < -0.39 is 22.0 Å². The Morgan fingerprint density at radius 2 is 1.69 bits per heavy atom. The molecule has 10 heteroatoms. The van der Waals surface area contributed by atoms with Crippen molar-refractivity contribution in [2.45, 2.75) is 17.4 Å². The Labute approximate surface area is 201 Å². The molecule has 0 bridgehead atoms. The SMILES string of the molecule is COc1ccc(S(=O)(=O)N[C@H](Cc2ccccc2)C(=O)Nc2ccc(Cl)cc2Cl)cc1Cl. The van der Waals surface area contributed by atoms with Gasteiger partial charge >= 0.3 is 0 Å². The molecule has 3 aromatic rings. The molecule has 0 aliphatic carbocycles. The summed E-state index contributed by atoms with van der Waals surface area (Å²) in [6.45, 7) is 0. The number of rotatable bonds is 8. The molecular weight excluding hydrogens is 495 g/mol. The summed E-state index contributed by atoms with van der Waals surface area (Å²) in [5.41, 5.74) is 1.08. The second kappa shape index (κ2) is 10.6. The van der Waals surface area contributed by atoms with Crippen LogP contribution in [0.1, 0.15) is 5.56 Å². The molecule has 3 aromatic carbocycles. The highest BCUT2D eigenvalue weighted by atomic mass is 35.5. The fraction of sp³-hybridized carbons (Fsp3) is 0.136. The van der Waals surface area contributed by atoms with Gasteiger partial charge in [-0.1, -0.05) is 65.1 Å². The first-order valence-electron chi connectivity index (χ1n) is 9.35. The number of sulfonamides is 1. The number of ether oxygens (including phenoxy) is 1. The first kappa shape index (κ1) is 24.4. The molecule has 0 saturated carbocycles. The number of anilines is 1. The lowest BCUT2D eigenvalue weighted by Gasteiger charge is -2.19. The van der Waals surface area contributed by atoms with E-state index in [9.17, 15) is 13.2 Å². The number of halogens is 3. The molecule has 6 nitrogen and oxygen atoms in total. The van der Waals surface area contributed by atoms with Crippen molar-refractivity contribution in [3.63, 3.8) is 0 Å². The molecule has 2 N–H and O–H groups in total.